The molecule has 0 radical (unpaired) electrons. The van der Waals surface area contributed by atoms with Crippen molar-refractivity contribution in [1.82, 2.24) is 5.32 Å². The van der Waals surface area contributed by atoms with Gasteiger partial charge in [0.1, 0.15) is 0 Å². The Morgan fingerprint density at radius 1 is 0.975 bits per heavy atom. The highest BCUT2D eigenvalue weighted by Gasteiger charge is 2.32. The molecule has 2 heterocycles. The van der Waals surface area contributed by atoms with Gasteiger partial charge < -0.3 is 25.1 Å². The smallest absolute Gasteiger partial charge is 0.251 e. The molecule has 40 heavy (non-hydrogen) atoms. The van der Waals surface area contributed by atoms with Crippen LogP contribution in [0.3, 0.4) is 0 Å². The van der Waals surface area contributed by atoms with Crippen LogP contribution in [-0.2, 0) is 27.4 Å². The van der Waals surface area contributed by atoms with E-state index in [1.54, 1.807) is 6.07 Å². The van der Waals surface area contributed by atoms with Gasteiger partial charge in [-0.1, -0.05) is 84.6 Å². The van der Waals surface area contributed by atoms with Crippen LogP contribution in [0.4, 0.5) is 0 Å². The molecule has 3 atom stereocenters. The largest absolute Gasteiger partial charge is 0.618 e. The van der Waals surface area contributed by atoms with Crippen molar-refractivity contribution in [2.75, 3.05) is 5.75 Å². The van der Waals surface area contributed by atoms with Gasteiger partial charge in [-0.3, -0.25) is 4.79 Å². The van der Waals surface area contributed by atoms with Crippen molar-refractivity contribution in [2.45, 2.75) is 50.0 Å². The molecule has 206 valence electrons. The fraction of sp³-hybridized carbons (Fsp3) is 0.250. The number of thioether (sulfide) groups is 1. The minimum Gasteiger partial charge on any atom is -0.618 e. The van der Waals surface area contributed by atoms with E-state index >= 15 is 0 Å². The summed E-state index contributed by atoms with van der Waals surface area (Å²) < 4.78 is 13.8. The first-order valence-electron chi connectivity index (χ1n) is 13.2. The Labute approximate surface area is 238 Å². The SMILES string of the molecule is CC(=O)NCc1ccccc1-c1ccc([C@H]2O[C@@H](CSc3cccc[n+]3[O-])C[C@@H](c3ccc(CO)cc3)O2)cc1. The Morgan fingerprint density at radius 2 is 1.70 bits per heavy atom. The molecule has 3 aromatic carbocycles. The molecular formula is C32H32N2O5S. The quantitative estimate of drug-likeness (QED) is 0.162. The monoisotopic (exact) mass is 556 g/mol. The lowest BCUT2D eigenvalue weighted by Crippen LogP contribution is -2.32. The van der Waals surface area contributed by atoms with Crippen LogP contribution < -0.4 is 10.0 Å². The highest BCUT2D eigenvalue weighted by atomic mass is 32.2. The van der Waals surface area contributed by atoms with Gasteiger partial charge in [0.15, 0.2) is 12.5 Å². The molecule has 0 unspecified atom stereocenters. The lowest BCUT2D eigenvalue weighted by Gasteiger charge is -2.36. The molecule has 2 N–H and O–H groups in total. The number of ether oxygens (including phenoxy) is 2. The first-order valence-corrected chi connectivity index (χ1v) is 14.2. The van der Waals surface area contributed by atoms with E-state index < -0.39 is 6.29 Å². The maximum Gasteiger partial charge on any atom is 0.251 e. The molecule has 4 aromatic rings. The van der Waals surface area contributed by atoms with E-state index in [1.165, 1.54) is 24.9 Å². The van der Waals surface area contributed by atoms with E-state index in [0.29, 0.717) is 23.7 Å². The van der Waals surface area contributed by atoms with Crippen molar-refractivity contribution in [2.24, 2.45) is 0 Å². The highest BCUT2D eigenvalue weighted by molar-refractivity contribution is 7.99. The van der Waals surface area contributed by atoms with Gasteiger partial charge in [-0.25, -0.2) is 0 Å². The number of aromatic nitrogens is 1. The number of nitrogens with zero attached hydrogens (tertiary/aromatic N) is 1. The zero-order valence-electron chi connectivity index (χ0n) is 22.2. The summed E-state index contributed by atoms with van der Waals surface area (Å²) >= 11 is 1.47. The molecule has 0 bridgehead atoms. The fourth-order valence-corrected chi connectivity index (χ4v) is 5.66. The lowest BCUT2D eigenvalue weighted by molar-refractivity contribution is -0.645. The Bertz CT molecular complexity index is 1430. The second-order valence-electron chi connectivity index (χ2n) is 9.71. The van der Waals surface area contributed by atoms with E-state index in [2.05, 4.69) is 5.32 Å². The van der Waals surface area contributed by atoms with Gasteiger partial charge in [-0.2, -0.15) is 4.73 Å². The summed E-state index contributed by atoms with van der Waals surface area (Å²) in [5, 5.41) is 25.1. The topological polar surface area (TPSA) is 94.7 Å². The van der Waals surface area contributed by atoms with Crippen molar-refractivity contribution >= 4 is 17.7 Å². The number of aliphatic hydroxyl groups excluding tert-OH is 1. The summed E-state index contributed by atoms with van der Waals surface area (Å²) in [4.78, 5) is 11.4. The van der Waals surface area contributed by atoms with Crippen molar-refractivity contribution in [3.05, 3.63) is 125 Å². The Kier molecular flexibility index (Phi) is 9.13. The van der Waals surface area contributed by atoms with Crippen LogP contribution in [0.25, 0.3) is 11.1 Å². The number of rotatable bonds is 9. The third kappa shape index (κ3) is 6.89. The number of nitrogens with one attached hydrogen (secondary N) is 1. The minimum absolute atomic E-state index is 0.0105. The number of aliphatic hydroxyl groups is 1. The number of amides is 1. The predicted octanol–water partition coefficient (Wildman–Crippen LogP) is 5.45. The summed E-state index contributed by atoms with van der Waals surface area (Å²) in [6.07, 6.45) is 1.20. The predicted molar refractivity (Wildman–Crippen MR) is 154 cm³/mol. The standard InChI is InChI=1S/C32H32N2O5S/c1-22(36)33-19-27-6-2-3-7-29(27)24-13-15-26(16-14-24)32-38-28(21-40-31-8-4-5-17-34(31)37)18-30(39-32)25-11-9-23(20-35)10-12-25/h2-17,28,30,32,35H,18-21H2,1H3,(H,33,36)/t28-,30+,32+/m1/s1. The van der Waals surface area contributed by atoms with Crippen molar-refractivity contribution in [3.8, 4) is 11.1 Å². The third-order valence-electron chi connectivity index (χ3n) is 6.86. The van der Waals surface area contributed by atoms with Crippen LogP contribution in [-0.4, -0.2) is 22.9 Å². The zero-order valence-corrected chi connectivity index (χ0v) is 23.1. The molecule has 1 aliphatic rings. The molecule has 1 aromatic heterocycles. The van der Waals surface area contributed by atoms with Gasteiger partial charge in [-0.05, 0) is 33.9 Å². The average Bonchev–Trinajstić information content (AvgIpc) is 3.00. The molecular weight excluding hydrogens is 524 g/mol. The van der Waals surface area contributed by atoms with Crippen LogP contribution >= 0.6 is 11.8 Å². The highest BCUT2D eigenvalue weighted by Crippen LogP contribution is 2.39. The van der Waals surface area contributed by atoms with E-state index in [4.69, 9.17) is 9.47 Å². The molecule has 0 saturated carbocycles. The van der Waals surface area contributed by atoms with Gasteiger partial charge in [-0.15, -0.1) is 0 Å². The van der Waals surface area contributed by atoms with E-state index in [0.717, 1.165) is 38.1 Å². The molecule has 1 fully saturated rings. The first-order chi connectivity index (χ1) is 19.5. The van der Waals surface area contributed by atoms with Crippen LogP contribution in [0.5, 0.6) is 0 Å². The van der Waals surface area contributed by atoms with Crippen LogP contribution in [0.2, 0.25) is 0 Å². The maximum atomic E-state index is 12.2. The molecule has 7 nitrogen and oxygen atoms in total. The van der Waals surface area contributed by atoms with Crippen LogP contribution in [0.15, 0.2) is 102 Å². The van der Waals surface area contributed by atoms with Crippen molar-refractivity contribution in [3.63, 3.8) is 0 Å². The first kappa shape index (κ1) is 27.9. The lowest BCUT2D eigenvalue weighted by atomic mass is 9.98. The number of carbonyl (C=O) groups excluding carboxylic acids is 1. The second-order valence-corrected chi connectivity index (χ2v) is 10.8. The molecule has 0 aliphatic carbocycles. The molecule has 0 spiro atoms. The Balaban J connectivity index is 1.36. The molecule has 8 heteroatoms. The van der Waals surface area contributed by atoms with E-state index in [1.807, 2.05) is 84.9 Å². The summed E-state index contributed by atoms with van der Waals surface area (Å²) in [5.41, 5.74) is 5.88. The summed E-state index contributed by atoms with van der Waals surface area (Å²) in [6, 6.07) is 29.3. The fourth-order valence-electron chi connectivity index (χ4n) is 4.72. The number of hydrogen-bond donors (Lipinski definition) is 2. The van der Waals surface area contributed by atoms with E-state index in [-0.39, 0.29) is 24.7 Å². The minimum atomic E-state index is -0.583. The Morgan fingerprint density at radius 3 is 2.42 bits per heavy atom. The molecule has 1 saturated heterocycles. The normalized spacial score (nSPS) is 18.8. The number of carbonyl (C=O) groups is 1. The number of pyridine rings is 1. The second kappa shape index (κ2) is 13.1. The third-order valence-corrected chi connectivity index (χ3v) is 8.01. The summed E-state index contributed by atoms with van der Waals surface area (Å²) in [6.45, 7) is 1.96. The molecule has 1 aliphatic heterocycles. The number of benzene rings is 3. The summed E-state index contributed by atoms with van der Waals surface area (Å²) in [5.74, 6) is 0.536. The van der Waals surface area contributed by atoms with Crippen molar-refractivity contribution in [1.29, 1.82) is 0 Å². The van der Waals surface area contributed by atoms with Gasteiger partial charge in [0.05, 0.1) is 18.8 Å². The summed E-state index contributed by atoms with van der Waals surface area (Å²) in [7, 11) is 0. The Hall–Kier alpha value is -3.69. The van der Waals surface area contributed by atoms with Gasteiger partial charge in [0.25, 0.3) is 5.03 Å². The van der Waals surface area contributed by atoms with Gasteiger partial charge in [0.2, 0.25) is 5.91 Å². The molecule has 1 amide bonds. The van der Waals surface area contributed by atoms with E-state index in [9.17, 15) is 15.1 Å². The maximum absolute atomic E-state index is 12.2. The van der Waals surface area contributed by atoms with Crippen LogP contribution in [0, 0.1) is 5.21 Å². The van der Waals surface area contributed by atoms with Crippen molar-refractivity contribution < 1.29 is 24.1 Å². The van der Waals surface area contributed by atoms with Crippen LogP contribution in [0.1, 0.15) is 48.0 Å². The molecule has 5 rings (SSSR count). The van der Waals surface area contributed by atoms with Gasteiger partial charge in [0, 0.05) is 43.3 Å². The number of hydrogen-bond acceptors (Lipinski definition) is 6. The van der Waals surface area contributed by atoms with Gasteiger partial charge >= 0.3 is 0 Å². The zero-order chi connectivity index (χ0) is 27.9. The average molecular weight is 557 g/mol.